The Bertz CT molecular complexity index is 603. The fourth-order valence-electron chi connectivity index (χ4n) is 2.34. The molecule has 0 aliphatic heterocycles. The summed E-state index contributed by atoms with van der Waals surface area (Å²) < 4.78 is 0. The van der Waals surface area contributed by atoms with Gasteiger partial charge >= 0.3 is 0 Å². The van der Waals surface area contributed by atoms with Crippen LogP contribution in [0.4, 0.5) is 0 Å². The van der Waals surface area contributed by atoms with Gasteiger partial charge in [0.1, 0.15) is 5.75 Å². The average molecular weight is 283 g/mol. The third kappa shape index (κ3) is 4.43. The highest BCUT2D eigenvalue weighted by molar-refractivity contribution is 5.96. The summed E-state index contributed by atoms with van der Waals surface area (Å²) in [7, 11) is 4.08. The van der Waals surface area contributed by atoms with E-state index < -0.39 is 0 Å². The zero-order chi connectivity index (χ0) is 15.2. The fraction of sp³-hybridized carbons (Fsp3) is 0.278. The summed E-state index contributed by atoms with van der Waals surface area (Å²) >= 11 is 0. The number of Topliss-reactive ketones (excluding diaryl/α,β-unsaturated/α-hetero) is 1. The van der Waals surface area contributed by atoms with E-state index in [1.165, 1.54) is 11.1 Å². The van der Waals surface area contributed by atoms with Crippen LogP contribution in [0, 0.1) is 0 Å². The van der Waals surface area contributed by atoms with Crippen LogP contribution in [0.2, 0.25) is 0 Å². The first-order valence-corrected chi connectivity index (χ1v) is 7.10. The van der Waals surface area contributed by atoms with Gasteiger partial charge < -0.3 is 10.0 Å². The Morgan fingerprint density at radius 1 is 1.00 bits per heavy atom. The molecule has 2 aromatic carbocycles. The van der Waals surface area contributed by atoms with Crippen LogP contribution in [-0.2, 0) is 13.0 Å². The van der Waals surface area contributed by atoms with Crippen LogP contribution in [0.3, 0.4) is 0 Å². The number of carbonyl (C=O) groups excluding carboxylic acids is 1. The molecule has 0 bridgehead atoms. The van der Waals surface area contributed by atoms with E-state index in [1.807, 2.05) is 26.2 Å². The molecule has 0 aliphatic rings. The van der Waals surface area contributed by atoms with Crippen molar-refractivity contribution in [3.63, 3.8) is 0 Å². The second-order valence-electron chi connectivity index (χ2n) is 5.48. The van der Waals surface area contributed by atoms with Crippen LogP contribution in [0.1, 0.15) is 27.9 Å². The molecule has 0 spiro atoms. The number of hydrogen-bond donors (Lipinski definition) is 1. The molecule has 110 valence electrons. The molecule has 0 radical (unpaired) electrons. The lowest BCUT2D eigenvalue weighted by atomic mass is 9.99. The first-order chi connectivity index (χ1) is 10.1. The van der Waals surface area contributed by atoms with Gasteiger partial charge in [0.2, 0.25) is 0 Å². The molecular formula is C18H21NO2. The molecule has 0 heterocycles. The minimum atomic E-state index is 0.106. The van der Waals surface area contributed by atoms with Gasteiger partial charge in [0.15, 0.2) is 5.78 Å². The molecule has 0 aliphatic carbocycles. The topological polar surface area (TPSA) is 40.5 Å². The molecule has 0 saturated carbocycles. The molecule has 3 heteroatoms. The van der Waals surface area contributed by atoms with E-state index in [0.717, 1.165) is 13.0 Å². The van der Waals surface area contributed by atoms with Crippen LogP contribution in [-0.4, -0.2) is 29.9 Å². The summed E-state index contributed by atoms with van der Waals surface area (Å²) in [5.74, 6) is 0.289. The molecule has 0 unspecified atom stereocenters. The maximum atomic E-state index is 12.2. The van der Waals surface area contributed by atoms with Crippen LogP contribution in [0.5, 0.6) is 5.75 Å². The van der Waals surface area contributed by atoms with Gasteiger partial charge in [-0.1, -0.05) is 24.3 Å². The Hall–Kier alpha value is -2.13. The lowest BCUT2D eigenvalue weighted by Crippen LogP contribution is -2.12. The zero-order valence-electron chi connectivity index (χ0n) is 12.5. The van der Waals surface area contributed by atoms with Crippen molar-refractivity contribution >= 4 is 5.78 Å². The second-order valence-corrected chi connectivity index (χ2v) is 5.48. The fourth-order valence-corrected chi connectivity index (χ4v) is 2.34. The summed E-state index contributed by atoms with van der Waals surface area (Å²) in [4.78, 5) is 14.3. The number of nitrogens with zero attached hydrogens (tertiary/aromatic N) is 1. The van der Waals surface area contributed by atoms with Gasteiger partial charge in [0.05, 0.1) is 0 Å². The molecule has 0 aromatic heterocycles. The van der Waals surface area contributed by atoms with Gasteiger partial charge in [0, 0.05) is 18.5 Å². The highest BCUT2D eigenvalue weighted by Crippen LogP contribution is 2.16. The molecule has 2 rings (SSSR count). The molecule has 0 saturated heterocycles. The normalized spacial score (nSPS) is 10.8. The predicted octanol–water partition coefficient (Wildman–Crippen LogP) is 3.27. The van der Waals surface area contributed by atoms with Crippen molar-refractivity contribution in [1.29, 1.82) is 0 Å². The van der Waals surface area contributed by atoms with Gasteiger partial charge in [-0.25, -0.2) is 0 Å². The third-order valence-corrected chi connectivity index (χ3v) is 3.42. The molecule has 1 N–H and O–H groups in total. The number of carbonyl (C=O) groups is 1. The first kappa shape index (κ1) is 15.3. The molecule has 0 atom stereocenters. The minimum absolute atomic E-state index is 0.106. The van der Waals surface area contributed by atoms with Crippen molar-refractivity contribution in [2.75, 3.05) is 14.1 Å². The number of aryl methyl sites for hydroxylation is 1. The Kier molecular flexibility index (Phi) is 5.12. The van der Waals surface area contributed by atoms with Crippen LogP contribution in [0.15, 0.2) is 48.5 Å². The van der Waals surface area contributed by atoms with E-state index in [0.29, 0.717) is 12.0 Å². The summed E-state index contributed by atoms with van der Waals surface area (Å²) in [6, 6.07) is 14.7. The Morgan fingerprint density at radius 2 is 1.62 bits per heavy atom. The van der Waals surface area contributed by atoms with E-state index in [4.69, 9.17) is 0 Å². The predicted molar refractivity (Wildman–Crippen MR) is 84.6 cm³/mol. The number of benzene rings is 2. The van der Waals surface area contributed by atoms with E-state index in [-0.39, 0.29) is 11.5 Å². The summed E-state index contributed by atoms with van der Waals surface area (Å²) in [6.07, 6.45) is 1.22. The number of hydrogen-bond acceptors (Lipinski definition) is 3. The van der Waals surface area contributed by atoms with Crippen molar-refractivity contribution in [2.24, 2.45) is 0 Å². The molecule has 0 amide bonds. The average Bonchev–Trinajstić information content (AvgIpc) is 2.46. The SMILES string of the molecule is CN(C)Cc1ccccc1CCC(=O)c1ccc(O)cc1. The lowest BCUT2D eigenvalue weighted by Gasteiger charge is -2.14. The van der Waals surface area contributed by atoms with E-state index in [9.17, 15) is 9.90 Å². The van der Waals surface area contributed by atoms with E-state index in [1.54, 1.807) is 24.3 Å². The van der Waals surface area contributed by atoms with Crippen LogP contribution >= 0.6 is 0 Å². The number of aromatic hydroxyl groups is 1. The number of phenolic OH excluding ortho intramolecular Hbond substituents is 1. The van der Waals surface area contributed by atoms with E-state index >= 15 is 0 Å². The molecule has 21 heavy (non-hydrogen) atoms. The van der Waals surface area contributed by atoms with Crippen molar-refractivity contribution in [3.8, 4) is 5.75 Å². The maximum Gasteiger partial charge on any atom is 0.163 e. The number of phenols is 1. The van der Waals surface area contributed by atoms with Crippen LogP contribution in [0.25, 0.3) is 0 Å². The minimum Gasteiger partial charge on any atom is -0.508 e. The summed E-state index contributed by atoms with van der Waals surface area (Å²) in [6.45, 7) is 0.879. The standard InChI is InChI=1S/C18H21NO2/c1-19(2)13-16-6-4-3-5-14(16)9-12-18(21)15-7-10-17(20)11-8-15/h3-8,10-11,20H,9,12-13H2,1-2H3. The van der Waals surface area contributed by atoms with Gasteiger partial charge in [-0.2, -0.15) is 0 Å². The summed E-state index contributed by atoms with van der Waals surface area (Å²) in [5.41, 5.74) is 3.14. The molecular weight excluding hydrogens is 262 g/mol. The highest BCUT2D eigenvalue weighted by atomic mass is 16.3. The van der Waals surface area contributed by atoms with Gasteiger partial charge in [-0.3, -0.25) is 4.79 Å². The molecule has 3 nitrogen and oxygen atoms in total. The molecule has 0 fully saturated rings. The maximum absolute atomic E-state index is 12.2. The monoisotopic (exact) mass is 283 g/mol. The van der Waals surface area contributed by atoms with Crippen LogP contribution < -0.4 is 0 Å². The summed E-state index contributed by atoms with van der Waals surface area (Å²) in [5, 5.41) is 9.25. The molecule has 2 aromatic rings. The Labute approximate surface area is 125 Å². The lowest BCUT2D eigenvalue weighted by molar-refractivity contribution is 0.0983. The Morgan fingerprint density at radius 3 is 2.24 bits per heavy atom. The quantitative estimate of drug-likeness (QED) is 0.827. The smallest absolute Gasteiger partial charge is 0.163 e. The number of ketones is 1. The van der Waals surface area contributed by atoms with Crippen molar-refractivity contribution in [2.45, 2.75) is 19.4 Å². The second kappa shape index (κ2) is 7.04. The zero-order valence-corrected chi connectivity index (χ0v) is 12.5. The van der Waals surface area contributed by atoms with Crippen molar-refractivity contribution in [3.05, 3.63) is 65.2 Å². The highest BCUT2D eigenvalue weighted by Gasteiger charge is 2.09. The van der Waals surface area contributed by atoms with Crippen molar-refractivity contribution < 1.29 is 9.90 Å². The number of rotatable bonds is 6. The van der Waals surface area contributed by atoms with Gasteiger partial charge in [-0.15, -0.1) is 0 Å². The Balaban J connectivity index is 2.02. The van der Waals surface area contributed by atoms with Gasteiger partial charge in [0.25, 0.3) is 0 Å². The van der Waals surface area contributed by atoms with E-state index in [2.05, 4.69) is 17.0 Å². The third-order valence-electron chi connectivity index (χ3n) is 3.42. The first-order valence-electron chi connectivity index (χ1n) is 7.10. The largest absolute Gasteiger partial charge is 0.508 e. The van der Waals surface area contributed by atoms with Crippen molar-refractivity contribution in [1.82, 2.24) is 4.90 Å². The van der Waals surface area contributed by atoms with Gasteiger partial charge in [-0.05, 0) is 55.9 Å².